The molecule has 0 aliphatic carbocycles. The normalized spacial score (nSPS) is 22.3. The Morgan fingerprint density at radius 2 is 2.12 bits per heavy atom. The number of carbonyl (C=O) groups is 1. The fourth-order valence-electron chi connectivity index (χ4n) is 3.57. The third-order valence-corrected chi connectivity index (χ3v) is 6.89. The number of methoxy groups -OCH3 is 1. The second-order valence-electron chi connectivity index (χ2n) is 6.90. The summed E-state index contributed by atoms with van der Waals surface area (Å²) >= 11 is 0. The van der Waals surface area contributed by atoms with Crippen molar-refractivity contribution in [3.8, 4) is 0 Å². The van der Waals surface area contributed by atoms with Crippen LogP contribution >= 0.6 is 0 Å². The van der Waals surface area contributed by atoms with Gasteiger partial charge in [-0.05, 0) is 37.6 Å². The van der Waals surface area contributed by atoms with Crippen LogP contribution in [0.25, 0.3) is 0 Å². The summed E-state index contributed by atoms with van der Waals surface area (Å²) in [6.45, 7) is 4.39. The van der Waals surface area contributed by atoms with E-state index in [-0.39, 0.29) is 10.8 Å². The lowest BCUT2D eigenvalue weighted by Crippen LogP contribution is -2.34. The molecule has 8 heteroatoms. The average molecular weight is 381 g/mol. The highest BCUT2D eigenvalue weighted by Gasteiger charge is 2.29. The minimum atomic E-state index is -3.58. The van der Waals surface area contributed by atoms with Crippen LogP contribution in [0.2, 0.25) is 0 Å². The van der Waals surface area contributed by atoms with E-state index in [1.807, 2.05) is 0 Å². The molecular weight excluding hydrogens is 354 g/mol. The van der Waals surface area contributed by atoms with E-state index in [0.717, 1.165) is 19.4 Å². The van der Waals surface area contributed by atoms with Crippen LogP contribution in [0.3, 0.4) is 0 Å². The lowest BCUT2D eigenvalue weighted by molar-refractivity contribution is 0.0775. The third-order valence-electron chi connectivity index (χ3n) is 4.99. The van der Waals surface area contributed by atoms with Crippen LogP contribution in [0, 0.1) is 5.92 Å². The first-order valence-electron chi connectivity index (χ1n) is 9.11. The molecule has 3 rings (SSSR count). The fourth-order valence-corrected chi connectivity index (χ4v) is 5.10. The van der Waals surface area contributed by atoms with E-state index in [0.29, 0.717) is 50.8 Å². The van der Waals surface area contributed by atoms with E-state index >= 15 is 0 Å². The summed E-state index contributed by atoms with van der Waals surface area (Å²) in [5.74, 6) is 0.235. The molecule has 0 bridgehead atoms. The second-order valence-corrected chi connectivity index (χ2v) is 8.83. The summed E-state index contributed by atoms with van der Waals surface area (Å²) in [4.78, 5) is 14.7. The first kappa shape index (κ1) is 19.3. The summed E-state index contributed by atoms with van der Waals surface area (Å²) in [6, 6.07) is 6.43. The molecule has 0 spiro atoms. The maximum atomic E-state index is 12.9. The molecule has 2 heterocycles. The number of ether oxygens (including phenoxy) is 1. The molecule has 2 aliphatic heterocycles. The van der Waals surface area contributed by atoms with Crippen molar-refractivity contribution in [2.24, 2.45) is 5.92 Å². The molecule has 2 fully saturated rings. The molecule has 1 amide bonds. The van der Waals surface area contributed by atoms with Crippen molar-refractivity contribution < 1.29 is 17.9 Å². The van der Waals surface area contributed by atoms with Gasteiger partial charge in [0.15, 0.2) is 0 Å². The molecule has 7 nitrogen and oxygen atoms in total. The van der Waals surface area contributed by atoms with Crippen molar-refractivity contribution in [3.63, 3.8) is 0 Å². The van der Waals surface area contributed by atoms with Crippen LogP contribution in [0.1, 0.15) is 23.2 Å². The van der Waals surface area contributed by atoms with E-state index in [4.69, 9.17) is 4.74 Å². The largest absolute Gasteiger partial charge is 0.384 e. The smallest absolute Gasteiger partial charge is 0.253 e. The summed E-state index contributed by atoms with van der Waals surface area (Å²) in [7, 11) is -1.92. The number of carbonyl (C=O) groups excluding carboxylic acids is 1. The SMILES string of the molecule is COC[C@H]1CCN(C(=O)c2cccc(S(=O)(=O)N3CCCNCC3)c2)C1. The quantitative estimate of drug-likeness (QED) is 0.815. The zero-order valence-electron chi connectivity index (χ0n) is 15.2. The standard InChI is InChI=1S/C18H27N3O4S/c1-25-14-15-6-10-20(13-15)18(22)16-4-2-5-17(12-16)26(23,24)21-9-3-7-19-8-11-21/h2,4-5,12,15,19H,3,6-11,13-14H2,1H3/t15-/m0/s1. The van der Waals surface area contributed by atoms with Gasteiger partial charge in [0.2, 0.25) is 10.0 Å². The molecule has 26 heavy (non-hydrogen) atoms. The Labute approximate surface area is 155 Å². The van der Waals surface area contributed by atoms with Crippen molar-refractivity contribution in [2.45, 2.75) is 17.7 Å². The zero-order valence-corrected chi connectivity index (χ0v) is 16.0. The van der Waals surface area contributed by atoms with E-state index in [9.17, 15) is 13.2 Å². The van der Waals surface area contributed by atoms with Gasteiger partial charge in [0, 0.05) is 51.3 Å². The monoisotopic (exact) mass is 381 g/mol. The average Bonchev–Trinajstić information content (AvgIpc) is 2.93. The van der Waals surface area contributed by atoms with Crippen LogP contribution in [-0.4, -0.2) is 76.5 Å². The molecule has 0 aromatic heterocycles. The van der Waals surface area contributed by atoms with Crippen molar-refractivity contribution in [1.29, 1.82) is 0 Å². The third kappa shape index (κ3) is 4.25. The van der Waals surface area contributed by atoms with Crippen LogP contribution in [0.15, 0.2) is 29.2 Å². The Morgan fingerprint density at radius 3 is 2.92 bits per heavy atom. The summed E-state index contributed by atoms with van der Waals surface area (Å²) in [6.07, 6.45) is 1.70. The lowest BCUT2D eigenvalue weighted by Gasteiger charge is -2.21. The van der Waals surface area contributed by atoms with Gasteiger partial charge in [0.1, 0.15) is 0 Å². The molecule has 1 N–H and O–H groups in total. The van der Waals surface area contributed by atoms with Crippen LogP contribution in [-0.2, 0) is 14.8 Å². The Kier molecular flexibility index (Phi) is 6.29. The van der Waals surface area contributed by atoms with E-state index in [2.05, 4.69) is 5.32 Å². The van der Waals surface area contributed by atoms with Crippen LogP contribution in [0.4, 0.5) is 0 Å². The minimum Gasteiger partial charge on any atom is -0.384 e. The maximum Gasteiger partial charge on any atom is 0.253 e. The molecule has 144 valence electrons. The number of nitrogens with zero attached hydrogens (tertiary/aromatic N) is 2. The van der Waals surface area contributed by atoms with E-state index in [1.54, 1.807) is 30.2 Å². The maximum absolute atomic E-state index is 12.9. The lowest BCUT2D eigenvalue weighted by atomic mass is 10.1. The fraction of sp³-hybridized carbons (Fsp3) is 0.611. The molecule has 2 aliphatic rings. The van der Waals surface area contributed by atoms with Gasteiger partial charge < -0.3 is 15.0 Å². The highest BCUT2D eigenvalue weighted by Crippen LogP contribution is 2.22. The molecule has 1 atom stereocenters. The Hall–Kier alpha value is -1.48. The van der Waals surface area contributed by atoms with Crippen LogP contribution < -0.4 is 5.32 Å². The van der Waals surface area contributed by atoms with E-state index < -0.39 is 10.0 Å². The first-order valence-corrected chi connectivity index (χ1v) is 10.6. The predicted molar refractivity (Wildman–Crippen MR) is 98.6 cm³/mol. The van der Waals surface area contributed by atoms with Gasteiger partial charge in [-0.25, -0.2) is 8.42 Å². The second kappa shape index (κ2) is 8.47. The topological polar surface area (TPSA) is 79.0 Å². The summed E-state index contributed by atoms with van der Waals surface area (Å²) in [5.41, 5.74) is 0.428. The predicted octanol–water partition coefficient (Wildman–Crippen LogP) is 0.779. The highest BCUT2D eigenvalue weighted by atomic mass is 32.2. The number of hydrogen-bond donors (Lipinski definition) is 1. The van der Waals surface area contributed by atoms with Crippen molar-refractivity contribution >= 4 is 15.9 Å². The molecule has 1 aromatic carbocycles. The number of hydrogen-bond acceptors (Lipinski definition) is 5. The number of amides is 1. The Bertz CT molecular complexity index is 730. The molecular formula is C18H27N3O4S. The Balaban J connectivity index is 1.76. The van der Waals surface area contributed by atoms with Gasteiger partial charge in [-0.15, -0.1) is 0 Å². The summed E-state index contributed by atoms with van der Waals surface area (Å²) < 4.78 is 32.5. The highest BCUT2D eigenvalue weighted by molar-refractivity contribution is 7.89. The summed E-state index contributed by atoms with van der Waals surface area (Å²) in [5, 5.41) is 3.20. The molecule has 1 aromatic rings. The number of rotatable bonds is 5. The molecule has 0 saturated carbocycles. The van der Waals surface area contributed by atoms with Gasteiger partial charge in [-0.3, -0.25) is 4.79 Å². The molecule has 0 unspecified atom stereocenters. The number of sulfonamides is 1. The van der Waals surface area contributed by atoms with E-state index in [1.165, 1.54) is 10.4 Å². The van der Waals surface area contributed by atoms with Crippen molar-refractivity contribution in [2.75, 3.05) is 53.0 Å². The minimum absolute atomic E-state index is 0.113. The Morgan fingerprint density at radius 1 is 1.27 bits per heavy atom. The number of likely N-dealkylation sites (tertiary alicyclic amines) is 1. The zero-order chi connectivity index (χ0) is 18.6. The molecule has 2 saturated heterocycles. The number of benzene rings is 1. The van der Waals surface area contributed by atoms with Gasteiger partial charge in [0.25, 0.3) is 5.91 Å². The van der Waals surface area contributed by atoms with Crippen LogP contribution in [0.5, 0.6) is 0 Å². The molecule has 0 radical (unpaired) electrons. The number of nitrogens with one attached hydrogen (secondary N) is 1. The van der Waals surface area contributed by atoms with Crippen molar-refractivity contribution in [1.82, 2.24) is 14.5 Å². The van der Waals surface area contributed by atoms with Gasteiger partial charge in [-0.2, -0.15) is 4.31 Å². The van der Waals surface area contributed by atoms with Gasteiger partial charge in [-0.1, -0.05) is 6.07 Å². The van der Waals surface area contributed by atoms with Gasteiger partial charge >= 0.3 is 0 Å². The van der Waals surface area contributed by atoms with Crippen molar-refractivity contribution in [3.05, 3.63) is 29.8 Å². The first-order chi connectivity index (χ1) is 12.5. The van der Waals surface area contributed by atoms with Gasteiger partial charge in [0.05, 0.1) is 11.5 Å².